The van der Waals surface area contributed by atoms with Gasteiger partial charge in [0.05, 0.1) is 25.3 Å². The standard InChI is InChI=1S/C17H23N3O/c1-14(2)20(11-5-10-19)13-15-7-8-17(21-3)16(12-15)6-4-9-18/h7-8,12,14H,5,9,11,13,18H2,1-3H3. The number of rotatable bonds is 6. The number of nitrogens with two attached hydrogens (primary N) is 1. The summed E-state index contributed by atoms with van der Waals surface area (Å²) in [5.74, 6) is 6.65. The summed E-state index contributed by atoms with van der Waals surface area (Å²) in [6, 6.07) is 8.58. The van der Waals surface area contributed by atoms with Crippen LogP contribution < -0.4 is 10.5 Å². The third kappa shape index (κ3) is 5.47. The van der Waals surface area contributed by atoms with Crippen LogP contribution in [0, 0.1) is 23.2 Å². The molecule has 1 rings (SSSR count). The number of methoxy groups -OCH3 is 1. The largest absolute Gasteiger partial charge is 0.495 e. The van der Waals surface area contributed by atoms with Crippen molar-refractivity contribution in [1.82, 2.24) is 4.90 Å². The molecule has 0 heterocycles. The molecule has 0 aromatic heterocycles. The van der Waals surface area contributed by atoms with Gasteiger partial charge in [-0.1, -0.05) is 17.9 Å². The summed E-state index contributed by atoms with van der Waals surface area (Å²) in [5, 5.41) is 8.75. The molecule has 112 valence electrons. The normalized spacial score (nSPS) is 10.1. The van der Waals surface area contributed by atoms with Crippen molar-refractivity contribution < 1.29 is 4.74 Å². The second kappa shape index (κ2) is 9.02. The molecule has 0 fully saturated rings. The molecule has 0 aliphatic rings. The Kier molecular flexibility index (Phi) is 7.32. The maximum atomic E-state index is 8.75. The lowest BCUT2D eigenvalue weighted by molar-refractivity contribution is 0.218. The smallest absolute Gasteiger partial charge is 0.134 e. The Morgan fingerprint density at radius 2 is 2.14 bits per heavy atom. The Labute approximate surface area is 127 Å². The van der Waals surface area contributed by atoms with Gasteiger partial charge in [-0.15, -0.1) is 0 Å². The van der Waals surface area contributed by atoms with Gasteiger partial charge in [0.15, 0.2) is 0 Å². The van der Waals surface area contributed by atoms with Gasteiger partial charge in [0.25, 0.3) is 0 Å². The topological polar surface area (TPSA) is 62.3 Å². The molecule has 0 bridgehead atoms. The summed E-state index contributed by atoms with van der Waals surface area (Å²) in [6.45, 7) is 6.16. The average Bonchev–Trinajstić information content (AvgIpc) is 2.49. The van der Waals surface area contributed by atoms with Crippen molar-refractivity contribution in [3.8, 4) is 23.7 Å². The van der Waals surface area contributed by atoms with E-state index in [0.29, 0.717) is 19.0 Å². The highest BCUT2D eigenvalue weighted by Crippen LogP contribution is 2.20. The van der Waals surface area contributed by atoms with Crippen LogP contribution in [0.1, 0.15) is 31.4 Å². The van der Waals surface area contributed by atoms with Crippen molar-refractivity contribution in [2.75, 3.05) is 20.2 Å². The molecular weight excluding hydrogens is 262 g/mol. The minimum Gasteiger partial charge on any atom is -0.495 e. The number of ether oxygens (including phenoxy) is 1. The van der Waals surface area contributed by atoms with E-state index in [9.17, 15) is 0 Å². The van der Waals surface area contributed by atoms with Gasteiger partial charge in [0.2, 0.25) is 0 Å². The molecule has 0 saturated carbocycles. The summed E-state index contributed by atoms with van der Waals surface area (Å²) in [7, 11) is 1.63. The van der Waals surface area contributed by atoms with Crippen LogP contribution in [0.15, 0.2) is 18.2 Å². The predicted octanol–water partition coefficient (Wildman–Crippen LogP) is 2.13. The van der Waals surface area contributed by atoms with Gasteiger partial charge < -0.3 is 10.5 Å². The molecule has 1 aromatic rings. The fourth-order valence-electron chi connectivity index (χ4n) is 2.05. The Hall–Kier alpha value is -2.01. The van der Waals surface area contributed by atoms with Crippen molar-refractivity contribution in [1.29, 1.82) is 5.26 Å². The third-order valence-corrected chi connectivity index (χ3v) is 3.22. The zero-order valence-electron chi connectivity index (χ0n) is 13.0. The molecule has 1 aromatic carbocycles. The molecule has 2 N–H and O–H groups in total. The summed E-state index contributed by atoms with van der Waals surface area (Å²) >= 11 is 0. The van der Waals surface area contributed by atoms with E-state index in [2.05, 4.69) is 36.7 Å². The number of nitrogens with zero attached hydrogens (tertiary/aromatic N) is 2. The second-order valence-electron chi connectivity index (χ2n) is 5.01. The second-order valence-corrected chi connectivity index (χ2v) is 5.01. The van der Waals surface area contributed by atoms with E-state index in [1.165, 1.54) is 0 Å². The van der Waals surface area contributed by atoms with Crippen LogP contribution in [0.3, 0.4) is 0 Å². The van der Waals surface area contributed by atoms with Gasteiger partial charge in [-0.2, -0.15) is 5.26 Å². The molecule has 0 unspecified atom stereocenters. The van der Waals surface area contributed by atoms with Crippen LogP contribution in [-0.4, -0.2) is 31.1 Å². The maximum Gasteiger partial charge on any atom is 0.134 e. The first-order valence-electron chi connectivity index (χ1n) is 7.09. The zero-order valence-corrected chi connectivity index (χ0v) is 13.0. The van der Waals surface area contributed by atoms with E-state index in [4.69, 9.17) is 15.7 Å². The number of benzene rings is 1. The third-order valence-electron chi connectivity index (χ3n) is 3.22. The molecule has 0 aliphatic carbocycles. The number of hydrogen-bond donors (Lipinski definition) is 1. The summed E-state index contributed by atoms with van der Waals surface area (Å²) < 4.78 is 5.31. The molecule has 0 aliphatic heterocycles. The van der Waals surface area contributed by atoms with Gasteiger partial charge in [-0.05, 0) is 31.5 Å². The van der Waals surface area contributed by atoms with E-state index in [1.807, 2.05) is 18.2 Å². The summed E-state index contributed by atoms with van der Waals surface area (Å²) in [6.07, 6.45) is 0.536. The Bertz CT molecular complexity index is 549. The fourth-order valence-corrected chi connectivity index (χ4v) is 2.05. The van der Waals surface area contributed by atoms with Crippen LogP contribution >= 0.6 is 0 Å². The highest BCUT2D eigenvalue weighted by molar-refractivity contribution is 5.48. The van der Waals surface area contributed by atoms with Crippen molar-refractivity contribution >= 4 is 0 Å². The zero-order chi connectivity index (χ0) is 15.7. The molecule has 4 heteroatoms. The average molecular weight is 285 g/mol. The minimum absolute atomic E-state index is 0.327. The van der Waals surface area contributed by atoms with Crippen LogP contribution in [-0.2, 0) is 6.54 Å². The molecular formula is C17H23N3O. The van der Waals surface area contributed by atoms with Gasteiger partial charge in [-0.25, -0.2) is 0 Å². The van der Waals surface area contributed by atoms with Crippen molar-refractivity contribution in [3.63, 3.8) is 0 Å². The lowest BCUT2D eigenvalue weighted by Gasteiger charge is -2.25. The molecule has 0 atom stereocenters. The highest BCUT2D eigenvalue weighted by atomic mass is 16.5. The number of hydrogen-bond acceptors (Lipinski definition) is 4. The van der Waals surface area contributed by atoms with Crippen LogP contribution in [0.25, 0.3) is 0 Å². The number of nitriles is 1. The first-order valence-corrected chi connectivity index (χ1v) is 7.09. The van der Waals surface area contributed by atoms with Gasteiger partial charge >= 0.3 is 0 Å². The van der Waals surface area contributed by atoms with E-state index >= 15 is 0 Å². The predicted molar refractivity (Wildman–Crippen MR) is 84.7 cm³/mol. The van der Waals surface area contributed by atoms with Gasteiger partial charge in [-0.3, -0.25) is 4.90 Å². The minimum atomic E-state index is 0.327. The van der Waals surface area contributed by atoms with Crippen LogP contribution in [0.5, 0.6) is 5.75 Å². The first kappa shape index (κ1) is 17.0. The molecule has 0 amide bonds. The maximum absolute atomic E-state index is 8.75. The quantitative estimate of drug-likeness (QED) is 0.813. The summed E-state index contributed by atoms with van der Waals surface area (Å²) in [4.78, 5) is 2.27. The molecule has 0 spiro atoms. The summed E-state index contributed by atoms with van der Waals surface area (Å²) in [5.41, 5.74) is 7.44. The van der Waals surface area contributed by atoms with E-state index in [0.717, 1.165) is 30.0 Å². The van der Waals surface area contributed by atoms with E-state index < -0.39 is 0 Å². The lowest BCUT2D eigenvalue weighted by Crippen LogP contribution is -2.31. The Morgan fingerprint density at radius 3 is 2.71 bits per heavy atom. The van der Waals surface area contributed by atoms with Crippen LogP contribution in [0.2, 0.25) is 0 Å². The first-order chi connectivity index (χ1) is 10.1. The van der Waals surface area contributed by atoms with Gasteiger partial charge in [0, 0.05) is 25.6 Å². The van der Waals surface area contributed by atoms with E-state index in [-0.39, 0.29) is 0 Å². The molecule has 21 heavy (non-hydrogen) atoms. The van der Waals surface area contributed by atoms with Gasteiger partial charge in [0.1, 0.15) is 5.75 Å². The molecule has 4 nitrogen and oxygen atoms in total. The monoisotopic (exact) mass is 285 g/mol. The van der Waals surface area contributed by atoms with Crippen molar-refractivity contribution in [2.24, 2.45) is 5.73 Å². The molecule has 0 saturated heterocycles. The van der Waals surface area contributed by atoms with Crippen molar-refractivity contribution in [3.05, 3.63) is 29.3 Å². The highest BCUT2D eigenvalue weighted by Gasteiger charge is 2.11. The molecule has 0 radical (unpaired) electrons. The Balaban J connectivity index is 2.94. The Morgan fingerprint density at radius 1 is 1.38 bits per heavy atom. The lowest BCUT2D eigenvalue weighted by atomic mass is 10.1. The SMILES string of the molecule is COc1ccc(CN(CCC#N)C(C)C)cc1C#CCN. The van der Waals surface area contributed by atoms with E-state index in [1.54, 1.807) is 7.11 Å². The van der Waals surface area contributed by atoms with Crippen LogP contribution in [0.4, 0.5) is 0 Å². The fraction of sp³-hybridized carbons (Fsp3) is 0.471. The van der Waals surface area contributed by atoms with Crippen molar-refractivity contribution in [2.45, 2.75) is 32.9 Å².